The van der Waals surface area contributed by atoms with Gasteiger partial charge in [-0.1, -0.05) is 0 Å². The molecular weight excluding hydrogens is 237 g/mol. The van der Waals surface area contributed by atoms with Gasteiger partial charge in [-0.3, -0.25) is 4.79 Å². The highest BCUT2D eigenvalue weighted by Gasteiger charge is 2.47. The van der Waals surface area contributed by atoms with Crippen LogP contribution < -0.4 is 10.2 Å². The molecule has 1 atom stereocenters. The van der Waals surface area contributed by atoms with Gasteiger partial charge in [-0.05, 0) is 13.0 Å². The summed E-state index contributed by atoms with van der Waals surface area (Å²) < 4.78 is 43.5. The number of hydrogen-bond donors (Lipinski definition) is 1. The van der Waals surface area contributed by atoms with Gasteiger partial charge in [0, 0.05) is 12.6 Å². The van der Waals surface area contributed by atoms with Gasteiger partial charge in [0.1, 0.15) is 18.3 Å². The van der Waals surface area contributed by atoms with E-state index in [1.54, 1.807) is 13.0 Å². The molecule has 94 valence electrons. The molecule has 2 heterocycles. The predicted octanol–water partition coefficient (Wildman–Crippen LogP) is 1.46. The lowest BCUT2D eigenvalue weighted by Gasteiger charge is -2.36. The summed E-state index contributed by atoms with van der Waals surface area (Å²) in [7, 11) is 0. The topological polar surface area (TPSA) is 45.5 Å². The van der Waals surface area contributed by atoms with Crippen LogP contribution >= 0.6 is 0 Å². The third-order valence-electron chi connectivity index (χ3n) is 2.57. The van der Waals surface area contributed by atoms with Crippen molar-refractivity contribution in [1.29, 1.82) is 0 Å². The molecule has 2 rings (SSSR count). The number of amides is 1. The Bertz CT molecular complexity index is 427. The highest BCUT2D eigenvalue weighted by Crippen LogP contribution is 2.30. The summed E-state index contributed by atoms with van der Waals surface area (Å²) >= 11 is 0. The minimum Gasteiger partial charge on any atom is -0.446 e. The van der Waals surface area contributed by atoms with Crippen molar-refractivity contribution in [3.05, 3.63) is 17.9 Å². The molecule has 0 aromatic carbocycles. The van der Waals surface area contributed by atoms with E-state index in [1.165, 1.54) is 6.07 Å². The van der Waals surface area contributed by atoms with Gasteiger partial charge in [0.05, 0.1) is 0 Å². The maximum absolute atomic E-state index is 12.8. The Hall–Kier alpha value is -1.66. The zero-order chi connectivity index (χ0) is 12.6. The first kappa shape index (κ1) is 11.8. The molecule has 1 saturated heterocycles. The number of hydrogen-bond acceptors (Lipinski definition) is 3. The van der Waals surface area contributed by atoms with Crippen LogP contribution in [0.2, 0.25) is 0 Å². The predicted molar refractivity (Wildman–Crippen MR) is 53.6 cm³/mol. The third-order valence-corrected chi connectivity index (χ3v) is 2.57. The van der Waals surface area contributed by atoms with Crippen molar-refractivity contribution in [3.8, 4) is 0 Å². The van der Waals surface area contributed by atoms with Crippen LogP contribution in [0.15, 0.2) is 16.5 Å². The van der Waals surface area contributed by atoms with Gasteiger partial charge >= 0.3 is 6.18 Å². The summed E-state index contributed by atoms with van der Waals surface area (Å²) in [6.07, 6.45) is -4.41. The number of nitrogens with one attached hydrogen (secondary N) is 1. The molecular formula is C10H11F3N2O2. The Morgan fingerprint density at radius 2 is 2.18 bits per heavy atom. The molecule has 1 aromatic heterocycles. The normalized spacial score (nSPS) is 21.5. The second kappa shape index (κ2) is 3.97. The summed E-state index contributed by atoms with van der Waals surface area (Å²) in [4.78, 5) is 12.1. The van der Waals surface area contributed by atoms with E-state index in [1.807, 2.05) is 0 Å². The molecule has 17 heavy (non-hydrogen) atoms. The minimum absolute atomic E-state index is 0.0691. The van der Waals surface area contributed by atoms with E-state index >= 15 is 0 Å². The Labute approximate surface area is 95.4 Å². The second-order valence-corrected chi connectivity index (χ2v) is 3.87. The quantitative estimate of drug-likeness (QED) is 0.818. The van der Waals surface area contributed by atoms with Crippen molar-refractivity contribution in [2.24, 2.45) is 0 Å². The van der Waals surface area contributed by atoms with E-state index in [0.717, 1.165) is 4.90 Å². The highest BCUT2D eigenvalue weighted by atomic mass is 19.4. The smallest absolute Gasteiger partial charge is 0.410 e. The number of nitrogens with zero attached hydrogens (tertiary/aromatic N) is 1. The van der Waals surface area contributed by atoms with Crippen molar-refractivity contribution in [1.82, 2.24) is 5.32 Å². The van der Waals surface area contributed by atoms with Gasteiger partial charge in [-0.25, -0.2) is 0 Å². The standard InChI is InChI=1S/C10H11F3N2O2/c1-6-2-3-9(17-6)15-5-8(16)14-4-7(15)10(11,12)13/h2-3,7H,4-5H2,1H3,(H,14,16). The Balaban J connectivity index is 2.29. The number of halogens is 3. The van der Waals surface area contributed by atoms with Gasteiger partial charge in [-0.15, -0.1) is 0 Å². The zero-order valence-electron chi connectivity index (χ0n) is 9.04. The highest BCUT2D eigenvalue weighted by molar-refractivity contribution is 5.82. The largest absolute Gasteiger partial charge is 0.446 e. The maximum Gasteiger partial charge on any atom is 0.410 e. The van der Waals surface area contributed by atoms with Gasteiger partial charge < -0.3 is 14.6 Å². The Kier molecular flexibility index (Phi) is 2.76. The van der Waals surface area contributed by atoms with E-state index in [4.69, 9.17) is 4.42 Å². The molecule has 1 aliphatic rings. The fourth-order valence-electron chi connectivity index (χ4n) is 1.74. The van der Waals surface area contributed by atoms with Crippen molar-refractivity contribution < 1.29 is 22.4 Å². The number of furan rings is 1. The molecule has 1 fully saturated rings. The van der Waals surface area contributed by atoms with Crippen LogP contribution in [-0.4, -0.2) is 31.2 Å². The van der Waals surface area contributed by atoms with Crippen molar-refractivity contribution in [3.63, 3.8) is 0 Å². The van der Waals surface area contributed by atoms with Crippen molar-refractivity contribution in [2.75, 3.05) is 18.0 Å². The monoisotopic (exact) mass is 248 g/mol. The molecule has 7 heteroatoms. The van der Waals surface area contributed by atoms with Gasteiger partial charge in [0.25, 0.3) is 0 Å². The van der Waals surface area contributed by atoms with E-state index in [0.29, 0.717) is 5.76 Å². The molecule has 1 unspecified atom stereocenters. The lowest BCUT2D eigenvalue weighted by atomic mass is 10.2. The first-order valence-corrected chi connectivity index (χ1v) is 5.04. The molecule has 1 aliphatic heterocycles. The first-order valence-electron chi connectivity index (χ1n) is 5.04. The summed E-state index contributed by atoms with van der Waals surface area (Å²) in [6.45, 7) is 0.829. The summed E-state index contributed by atoms with van der Waals surface area (Å²) in [5.41, 5.74) is 0. The first-order chi connectivity index (χ1) is 7.88. The molecule has 0 spiro atoms. The van der Waals surface area contributed by atoms with Crippen LogP contribution in [0.5, 0.6) is 0 Å². The number of aryl methyl sites for hydroxylation is 1. The SMILES string of the molecule is Cc1ccc(N2CC(=O)NCC2C(F)(F)F)o1. The number of alkyl halides is 3. The summed E-state index contributed by atoms with van der Waals surface area (Å²) in [5, 5.41) is 2.20. The van der Waals surface area contributed by atoms with Crippen LogP contribution in [0.25, 0.3) is 0 Å². The van der Waals surface area contributed by atoms with Gasteiger partial charge in [0.15, 0.2) is 5.88 Å². The molecule has 0 saturated carbocycles. The molecule has 0 bridgehead atoms. The number of piperazine rings is 1. The van der Waals surface area contributed by atoms with E-state index in [9.17, 15) is 18.0 Å². The fourth-order valence-corrected chi connectivity index (χ4v) is 1.74. The minimum atomic E-state index is -4.41. The van der Waals surface area contributed by atoms with Crippen LogP contribution in [0.3, 0.4) is 0 Å². The molecule has 1 aromatic rings. The third kappa shape index (κ3) is 2.37. The summed E-state index contributed by atoms with van der Waals surface area (Å²) in [6, 6.07) is 1.26. The van der Waals surface area contributed by atoms with E-state index in [-0.39, 0.29) is 12.4 Å². The maximum atomic E-state index is 12.8. The molecule has 1 amide bonds. The molecule has 4 nitrogen and oxygen atoms in total. The van der Waals surface area contributed by atoms with Crippen molar-refractivity contribution in [2.45, 2.75) is 19.1 Å². The number of carbonyl (C=O) groups excluding carboxylic acids is 1. The molecule has 0 aliphatic carbocycles. The Morgan fingerprint density at radius 1 is 1.47 bits per heavy atom. The number of rotatable bonds is 1. The average Bonchev–Trinajstić information content (AvgIpc) is 2.62. The summed E-state index contributed by atoms with van der Waals surface area (Å²) in [5.74, 6) is 0.131. The molecule has 0 radical (unpaired) electrons. The van der Waals surface area contributed by atoms with E-state index < -0.39 is 24.7 Å². The van der Waals surface area contributed by atoms with E-state index in [2.05, 4.69) is 5.32 Å². The van der Waals surface area contributed by atoms with Crippen LogP contribution in [0, 0.1) is 6.92 Å². The molecule has 1 N–H and O–H groups in total. The average molecular weight is 248 g/mol. The zero-order valence-corrected chi connectivity index (χ0v) is 9.04. The lowest BCUT2D eigenvalue weighted by molar-refractivity contribution is -0.153. The second-order valence-electron chi connectivity index (χ2n) is 3.87. The van der Waals surface area contributed by atoms with Gasteiger partial charge in [-0.2, -0.15) is 13.2 Å². The lowest BCUT2D eigenvalue weighted by Crippen LogP contribution is -2.60. The Morgan fingerprint density at radius 3 is 2.71 bits per heavy atom. The van der Waals surface area contributed by atoms with Crippen LogP contribution in [-0.2, 0) is 4.79 Å². The fraction of sp³-hybridized carbons (Fsp3) is 0.500. The van der Waals surface area contributed by atoms with Crippen LogP contribution in [0.4, 0.5) is 19.1 Å². The number of carbonyl (C=O) groups is 1. The van der Waals surface area contributed by atoms with Crippen molar-refractivity contribution >= 4 is 11.8 Å². The van der Waals surface area contributed by atoms with Gasteiger partial charge in [0.2, 0.25) is 5.91 Å². The number of anilines is 1. The van der Waals surface area contributed by atoms with Crippen LogP contribution in [0.1, 0.15) is 5.76 Å².